The number of likely N-dealkylation sites (tertiary alicyclic amines) is 1. The molecule has 194 valence electrons. The number of carbonyl (C=O) groups excluding carboxylic acids is 3. The van der Waals surface area contributed by atoms with Crippen LogP contribution in [0.2, 0.25) is 5.02 Å². The number of nitrogens with zero attached hydrogens (tertiary/aromatic N) is 2. The number of amides is 2. The lowest BCUT2D eigenvalue weighted by Gasteiger charge is -2.38. The molecule has 9 heteroatoms. The fourth-order valence-corrected chi connectivity index (χ4v) is 8.23. The molecule has 1 aromatic rings. The zero-order valence-electron chi connectivity index (χ0n) is 20.5. The van der Waals surface area contributed by atoms with Gasteiger partial charge in [-0.3, -0.25) is 14.4 Å². The fourth-order valence-electron chi connectivity index (χ4n) is 5.92. The normalized spacial score (nSPS) is 29.1. The molecule has 0 aromatic heterocycles. The van der Waals surface area contributed by atoms with E-state index in [2.05, 4.69) is 13.2 Å². The van der Waals surface area contributed by atoms with Gasteiger partial charge in [-0.25, -0.2) is 0 Å². The Labute approximate surface area is 221 Å². The van der Waals surface area contributed by atoms with Crippen LogP contribution in [0.15, 0.2) is 49.6 Å². The van der Waals surface area contributed by atoms with Crippen molar-refractivity contribution in [2.24, 2.45) is 11.8 Å². The number of allylic oxidation sites excluding steroid dienone is 1. The first-order valence-corrected chi connectivity index (χ1v) is 13.6. The SMILES string of the molecule is C=CCCCOC(=O)[C@@H]1[C@@H]2CCC3(S2)C(C(=O)N(CC=C)c2ccc(Cl)cc2)N([C@H](C)CO)C(=O)[C@H]13. The van der Waals surface area contributed by atoms with Gasteiger partial charge in [-0.05, 0) is 56.9 Å². The topological polar surface area (TPSA) is 87.2 Å². The summed E-state index contributed by atoms with van der Waals surface area (Å²) in [6.07, 6.45) is 6.21. The lowest BCUT2D eigenvalue weighted by atomic mass is 9.71. The molecule has 6 atom stereocenters. The molecule has 1 N–H and O–H groups in total. The maximum absolute atomic E-state index is 14.3. The van der Waals surface area contributed by atoms with Crippen molar-refractivity contribution in [2.75, 3.05) is 24.7 Å². The van der Waals surface area contributed by atoms with Gasteiger partial charge >= 0.3 is 5.97 Å². The number of ether oxygens (including phenoxy) is 1. The molecule has 0 radical (unpaired) electrons. The molecule has 36 heavy (non-hydrogen) atoms. The van der Waals surface area contributed by atoms with E-state index >= 15 is 0 Å². The van der Waals surface area contributed by atoms with Crippen molar-refractivity contribution in [1.29, 1.82) is 0 Å². The molecule has 1 spiro atoms. The summed E-state index contributed by atoms with van der Waals surface area (Å²) in [5.41, 5.74) is 0.643. The highest BCUT2D eigenvalue weighted by atomic mass is 35.5. The van der Waals surface area contributed by atoms with E-state index in [4.69, 9.17) is 16.3 Å². The predicted octanol–water partition coefficient (Wildman–Crippen LogP) is 3.84. The molecule has 4 rings (SSSR count). The van der Waals surface area contributed by atoms with Crippen LogP contribution in [0.4, 0.5) is 5.69 Å². The minimum Gasteiger partial charge on any atom is -0.465 e. The number of anilines is 1. The first-order chi connectivity index (χ1) is 17.3. The van der Waals surface area contributed by atoms with Crippen molar-refractivity contribution in [2.45, 2.75) is 54.7 Å². The van der Waals surface area contributed by atoms with Crippen LogP contribution in [0.3, 0.4) is 0 Å². The van der Waals surface area contributed by atoms with Crippen molar-refractivity contribution in [3.8, 4) is 0 Å². The average Bonchev–Trinajstić information content (AvgIpc) is 3.52. The molecule has 2 bridgehead atoms. The van der Waals surface area contributed by atoms with Crippen LogP contribution in [0.5, 0.6) is 0 Å². The van der Waals surface area contributed by atoms with Crippen LogP contribution in [-0.2, 0) is 19.1 Å². The Morgan fingerprint density at radius 2 is 2.06 bits per heavy atom. The number of fused-ring (bicyclic) bond motifs is 1. The molecule has 3 saturated heterocycles. The first-order valence-electron chi connectivity index (χ1n) is 12.4. The second kappa shape index (κ2) is 11.0. The maximum Gasteiger partial charge on any atom is 0.310 e. The summed E-state index contributed by atoms with van der Waals surface area (Å²) in [4.78, 5) is 44.5. The van der Waals surface area contributed by atoms with Crippen molar-refractivity contribution in [3.05, 3.63) is 54.6 Å². The van der Waals surface area contributed by atoms with Crippen molar-refractivity contribution in [3.63, 3.8) is 0 Å². The number of carbonyl (C=O) groups is 3. The molecule has 3 fully saturated rings. The number of halogens is 1. The van der Waals surface area contributed by atoms with Crippen LogP contribution in [-0.4, -0.2) is 69.6 Å². The second-order valence-corrected chi connectivity index (χ2v) is 11.7. The number of aliphatic hydroxyl groups excluding tert-OH is 1. The molecule has 2 amide bonds. The molecular weight excluding hydrogens is 500 g/mol. The third-order valence-electron chi connectivity index (χ3n) is 7.50. The third kappa shape index (κ3) is 4.48. The number of hydrogen-bond donors (Lipinski definition) is 1. The molecule has 3 aliphatic heterocycles. The van der Waals surface area contributed by atoms with Crippen molar-refractivity contribution >= 4 is 46.8 Å². The quantitative estimate of drug-likeness (QED) is 0.265. The van der Waals surface area contributed by atoms with Crippen LogP contribution in [0, 0.1) is 11.8 Å². The van der Waals surface area contributed by atoms with E-state index in [1.807, 2.05) is 0 Å². The Bertz CT molecular complexity index is 1030. The summed E-state index contributed by atoms with van der Waals surface area (Å²) in [6.45, 7) is 9.47. The van der Waals surface area contributed by atoms with Gasteiger partial charge < -0.3 is 19.6 Å². The molecule has 2 unspecified atom stereocenters. The highest BCUT2D eigenvalue weighted by Crippen LogP contribution is 2.67. The van der Waals surface area contributed by atoms with Gasteiger partial charge in [-0.15, -0.1) is 24.9 Å². The number of aliphatic hydroxyl groups is 1. The van der Waals surface area contributed by atoms with Crippen LogP contribution in [0.1, 0.15) is 32.6 Å². The average molecular weight is 533 g/mol. The van der Waals surface area contributed by atoms with E-state index in [1.54, 1.807) is 60.0 Å². The highest BCUT2D eigenvalue weighted by Gasteiger charge is 2.74. The number of benzene rings is 1. The van der Waals surface area contributed by atoms with Gasteiger partial charge in [0.25, 0.3) is 5.91 Å². The maximum atomic E-state index is 14.3. The molecular formula is C27H33ClN2O5S. The smallest absolute Gasteiger partial charge is 0.310 e. The zero-order valence-corrected chi connectivity index (χ0v) is 22.0. The van der Waals surface area contributed by atoms with Gasteiger partial charge in [0.1, 0.15) is 6.04 Å². The zero-order chi connectivity index (χ0) is 26.0. The lowest BCUT2D eigenvalue weighted by molar-refractivity contribution is -0.154. The van der Waals surface area contributed by atoms with Gasteiger partial charge in [0.2, 0.25) is 5.91 Å². The Kier molecular flexibility index (Phi) is 8.17. The summed E-state index contributed by atoms with van der Waals surface area (Å²) < 4.78 is 4.83. The fraction of sp³-hybridized carbons (Fsp3) is 0.519. The Hall–Kier alpha value is -2.29. The van der Waals surface area contributed by atoms with Gasteiger partial charge in [-0.1, -0.05) is 23.8 Å². The molecule has 3 heterocycles. The number of rotatable bonds is 11. The number of esters is 1. The van der Waals surface area contributed by atoms with E-state index in [9.17, 15) is 19.5 Å². The summed E-state index contributed by atoms with van der Waals surface area (Å²) >= 11 is 7.65. The summed E-state index contributed by atoms with van der Waals surface area (Å²) in [7, 11) is 0. The monoisotopic (exact) mass is 532 g/mol. The van der Waals surface area contributed by atoms with Crippen LogP contribution < -0.4 is 4.90 Å². The lowest BCUT2D eigenvalue weighted by Crippen LogP contribution is -2.57. The van der Waals surface area contributed by atoms with E-state index in [0.717, 1.165) is 12.8 Å². The van der Waals surface area contributed by atoms with Crippen molar-refractivity contribution in [1.82, 2.24) is 4.90 Å². The minimum absolute atomic E-state index is 0.0730. The summed E-state index contributed by atoms with van der Waals surface area (Å²) in [6, 6.07) is 5.55. The summed E-state index contributed by atoms with van der Waals surface area (Å²) in [5, 5.41) is 10.5. The van der Waals surface area contributed by atoms with Crippen LogP contribution in [0.25, 0.3) is 0 Å². The standard InChI is InChI=1S/C27H33ClN2O5S/c1-4-6-7-15-35-26(34)21-20-12-13-27(36-20)22(21)24(32)30(17(3)16-31)23(27)25(33)29(14-5-2)19-10-8-18(28)9-11-19/h4-5,8-11,17,20-23,31H,1-2,6-7,12-16H2,3H3/t17-,20+,21-,22+,23?,27?/m1/s1. The first kappa shape index (κ1) is 26.8. The van der Waals surface area contributed by atoms with Crippen molar-refractivity contribution < 1.29 is 24.2 Å². The van der Waals surface area contributed by atoms with Gasteiger partial charge in [0.05, 0.1) is 35.8 Å². The molecule has 0 saturated carbocycles. The second-order valence-electron chi connectivity index (χ2n) is 9.65. The Morgan fingerprint density at radius 3 is 2.69 bits per heavy atom. The minimum atomic E-state index is -0.818. The molecule has 3 aliphatic rings. The Balaban J connectivity index is 1.70. The van der Waals surface area contributed by atoms with Gasteiger partial charge in [0, 0.05) is 22.5 Å². The summed E-state index contributed by atoms with van der Waals surface area (Å²) in [5.74, 6) is -2.14. The van der Waals surface area contributed by atoms with Crippen LogP contribution >= 0.6 is 23.4 Å². The largest absolute Gasteiger partial charge is 0.465 e. The van der Waals surface area contributed by atoms with Gasteiger partial charge in [-0.2, -0.15) is 0 Å². The predicted molar refractivity (Wildman–Crippen MR) is 142 cm³/mol. The Morgan fingerprint density at radius 1 is 1.33 bits per heavy atom. The highest BCUT2D eigenvalue weighted by molar-refractivity contribution is 8.02. The third-order valence-corrected chi connectivity index (χ3v) is 9.70. The van der Waals surface area contributed by atoms with E-state index in [0.29, 0.717) is 23.6 Å². The number of thioether (sulfide) groups is 1. The van der Waals surface area contributed by atoms with E-state index in [1.165, 1.54) is 4.90 Å². The molecule has 0 aliphatic carbocycles. The van der Waals surface area contributed by atoms with Gasteiger partial charge in [0.15, 0.2) is 0 Å². The van der Waals surface area contributed by atoms with E-state index < -0.39 is 28.7 Å². The molecule has 1 aromatic carbocycles. The molecule has 7 nitrogen and oxygen atoms in total. The van der Waals surface area contributed by atoms with E-state index in [-0.39, 0.29) is 42.8 Å². The number of hydrogen-bond acceptors (Lipinski definition) is 6. The number of unbranched alkanes of at least 4 members (excludes halogenated alkanes) is 1.